The van der Waals surface area contributed by atoms with E-state index in [1.165, 1.54) is 6.20 Å². The van der Waals surface area contributed by atoms with Gasteiger partial charge < -0.3 is 8.98 Å². The summed E-state index contributed by atoms with van der Waals surface area (Å²) in [6, 6.07) is 14.7. The lowest BCUT2D eigenvalue weighted by atomic mass is 10.1. The summed E-state index contributed by atoms with van der Waals surface area (Å²) in [6.07, 6.45) is 4.69. The van der Waals surface area contributed by atoms with Crippen LogP contribution in [0.2, 0.25) is 15.2 Å². The van der Waals surface area contributed by atoms with Gasteiger partial charge in [-0.25, -0.2) is 4.98 Å². The normalized spacial score (nSPS) is 11.3. The molecule has 164 valence electrons. The van der Waals surface area contributed by atoms with Crippen LogP contribution in [-0.2, 0) is 6.54 Å². The first-order valence-electron chi connectivity index (χ1n) is 10.1. The van der Waals surface area contributed by atoms with Crippen LogP contribution in [0.1, 0.15) is 27.2 Å². The molecule has 0 amide bonds. The molecule has 0 aliphatic carbocycles. The molecule has 3 heterocycles. The zero-order valence-corrected chi connectivity index (χ0v) is 19.6. The maximum absolute atomic E-state index is 13.5. The molecule has 8 heteroatoms. The maximum atomic E-state index is 13.5. The topological polar surface area (TPSA) is 60.9 Å². The molecule has 0 atom stereocenters. The fourth-order valence-electron chi connectivity index (χ4n) is 3.76. The third kappa shape index (κ3) is 4.04. The molecule has 0 spiro atoms. The summed E-state index contributed by atoms with van der Waals surface area (Å²) in [6.45, 7) is 2.34. The Balaban J connectivity index is 1.61. The predicted molar refractivity (Wildman–Crippen MR) is 130 cm³/mol. The fraction of sp³-hybridized carbons (Fsp3) is 0.0800. The van der Waals surface area contributed by atoms with Crippen molar-refractivity contribution in [3.05, 3.63) is 105 Å². The van der Waals surface area contributed by atoms with E-state index in [0.717, 1.165) is 27.6 Å². The van der Waals surface area contributed by atoms with Crippen LogP contribution in [0.3, 0.4) is 0 Å². The minimum Gasteiger partial charge on any atom is -0.433 e. The Morgan fingerprint density at radius 2 is 1.82 bits per heavy atom. The number of rotatable bonds is 5. The van der Waals surface area contributed by atoms with Gasteiger partial charge in [-0.3, -0.25) is 9.78 Å². The predicted octanol–water partition coefficient (Wildman–Crippen LogP) is 7.24. The van der Waals surface area contributed by atoms with Crippen LogP contribution in [0.5, 0.6) is 0 Å². The number of carbonyl (C=O) groups is 1. The molecule has 0 fully saturated rings. The highest BCUT2D eigenvalue weighted by Gasteiger charge is 2.26. The molecule has 0 saturated carbocycles. The number of hydrogen-bond donors (Lipinski definition) is 0. The quantitative estimate of drug-likeness (QED) is 0.241. The number of ketones is 1. The lowest BCUT2D eigenvalue weighted by Crippen LogP contribution is -2.03. The van der Waals surface area contributed by atoms with Crippen molar-refractivity contribution in [2.24, 2.45) is 0 Å². The minimum atomic E-state index is -0.343. The molecule has 0 aliphatic rings. The van der Waals surface area contributed by atoms with Gasteiger partial charge in [-0.05, 0) is 48.9 Å². The Bertz CT molecular complexity index is 1510. The third-order valence-corrected chi connectivity index (χ3v) is 6.36. The second kappa shape index (κ2) is 8.67. The van der Waals surface area contributed by atoms with Crippen LogP contribution in [0.4, 0.5) is 0 Å². The van der Waals surface area contributed by atoms with Gasteiger partial charge in [0, 0.05) is 33.4 Å². The van der Waals surface area contributed by atoms with Crippen LogP contribution in [0.25, 0.3) is 22.4 Å². The molecule has 0 aliphatic heterocycles. The van der Waals surface area contributed by atoms with E-state index in [9.17, 15) is 4.79 Å². The zero-order chi connectivity index (χ0) is 23.1. The minimum absolute atomic E-state index is 0.105. The molecule has 0 bridgehead atoms. The maximum Gasteiger partial charge on any atom is 0.233 e. The van der Waals surface area contributed by atoms with Crippen molar-refractivity contribution in [1.29, 1.82) is 0 Å². The lowest BCUT2D eigenvalue weighted by Gasteiger charge is -2.10. The Morgan fingerprint density at radius 1 is 1.03 bits per heavy atom. The van der Waals surface area contributed by atoms with Crippen molar-refractivity contribution >= 4 is 51.5 Å². The monoisotopic (exact) mass is 495 g/mol. The van der Waals surface area contributed by atoms with Crippen molar-refractivity contribution in [2.45, 2.75) is 13.5 Å². The molecule has 3 aromatic heterocycles. The lowest BCUT2D eigenvalue weighted by molar-refractivity contribution is 0.101. The highest BCUT2D eigenvalue weighted by Crippen LogP contribution is 2.35. The smallest absolute Gasteiger partial charge is 0.233 e. The molecule has 0 saturated heterocycles. The molecule has 2 aromatic carbocycles. The van der Waals surface area contributed by atoms with E-state index in [1.807, 2.05) is 35.8 Å². The number of benzene rings is 2. The van der Waals surface area contributed by atoms with Gasteiger partial charge in [0.15, 0.2) is 5.76 Å². The summed E-state index contributed by atoms with van der Waals surface area (Å²) >= 11 is 19.2. The molecular weight excluding hydrogens is 481 g/mol. The van der Waals surface area contributed by atoms with Gasteiger partial charge in [0.2, 0.25) is 11.7 Å². The fourth-order valence-corrected chi connectivity index (χ4v) is 4.57. The van der Waals surface area contributed by atoms with E-state index in [4.69, 9.17) is 39.2 Å². The van der Waals surface area contributed by atoms with E-state index in [1.54, 1.807) is 36.7 Å². The van der Waals surface area contributed by atoms with Gasteiger partial charge in [0.25, 0.3) is 0 Å². The van der Waals surface area contributed by atoms with Gasteiger partial charge in [0.1, 0.15) is 5.15 Å². The number of pyridine rings is 1. The second-order valence-corrected chi connectivity index (χ2v) is 8.80. The van der Waals surface area contributed by atoms with Gasteiger partial charge in [0.05, 0.1) is 23.8 Å². The molecule has 0 unspecified atom stereocenters. The van der Waals surface area contributed by atoms with Crippen LogP contribution >= 0.6 is 34.8 Å². The molecular formula is C25H16Cl3N3O2. The SMILES string of the molecule is Cc1ccc2c(c1)c(C(=O)c1cnc(-c3ccncc3)o1)c(Cl)n2Cc1ccc(Cl)cc1Cl. The Hall–Kier alpha value is -3.12. The van der Waals surface area contributed by atoms with Crippen LogP contribution < -0.4 is 0 Å². The summed E-state index contributed by atoms with van der Waals surface area (Å²) < 4.78 is 7.65. The van der Waals surface area contributed by atoms with Crippen molar-refractivity contribution < 1.29 is 9.21 Å². The third-order valence-electron chi connectivity index (χ3n) is 5.38. The van der Waals surface area contributed by atoms with E-state index in [-0.39, 0.29) is 11.5 Å². The number of nitrogens with zero attached hydrogens (tertiary/aromatic N) is 3. The molecule has 5 aromatic rings. The first kappa shape index (κ1) is 21.7. The van der Waals surface area contributed by atoms with Crippen molar-refractivity contribution in [3.8, 4) is 11.5 Å². The molecule has 0 N–H and O–H groups in total. The summed E-state index contributed by atoms with van der Waals surface area (Å²) in [5.41, 5.74) is 3.74. The number of oxazole rings is 1. The Kier molecular flexibility index (Phi) is 5.71. The number of fused-ring (bicyclic) bond motifs is 1. The number of carbonyl (C=O) groups excluding carboxylic acids is 1. The highest BCUT2D eigenvalue weighted by molar-refractivity contribution is 6.37. The molecule has 5 nitrogen and oxygen atoms in total. The van der Waals surface area contributed by atoms with E-state index in [2.05, 4.69) is 9.97 Å². The number of halogens is 3. The average Bonchev–Trinajstić information content (AvgIpc) is 3.39. The van der Waals surface area contributed by atoms with E-state index >= 15 is 0 Å². The first-order valence-corrected chi connectivity index (χ1v) is 11.2. The first-order chi connectivity index (χ1) is 15.9. The molecule has 0 radical (unpaired) electrons. The van der Waals surface area contributed by atoms with Crippen LogP contribution in [-0.4, -0.2) is 20.3 Å². The zero-order valence-electron chi connectivity index (χ0n) is 17.3. The number of aromatic nitrogens is 3. The van der Waals surface area contributed by atoms with Crippen molar-refractivity contribution in [2.75, 3.05) is 0 Å². The number of hydrogen-bond acceptors (Lipinski definition) is 4. The summed E-state index contributed by atoms with van der Waals surface area (Å²) in [4.78, 5) is 21.8. The van der Waals surface area contributed by atoms with Crippen molar-refractivity contribution in [1.82, 2.24) is 14.5 Å². The highest BCUT2D eigenvalue weighted by atomic mass is 35.5. The summed E-state index contributed by atoms with van der Waals surface area (Å²) in [7, 11) is 0. The van der Waals surface area contributed by atoms with Crippen LogP contribution in [0.15, 0.2) is 71.5 Å². The van der Waals surface area contributed by atoms with Gasteiger partial charge in [-0.1, -0.05) is 52.5 Å². The average molecular weight is 497 g/mol. The van der Waals surface area contributed by atoms with Gasteiger partial charge in [-0.15, -0.1) is 0 Å². The number of aryl methyl sites for hydroxylation is 1. The Labute approximate surface area is 204 Å². The summed E-state index contributed by atoms with van der Waals surface area (Å²) in [5, 5.41) is 2.11. The van der Waals surface area contributed by atoms with E-state index < -0.39 is 0 Å². The summed E-state index contributed by atoms with van der Waals surface area (Å²) in [5.74, 6) is 0.0999. The van der Waals surface area contributed by atoms with Gasteiger partial charge in [-0.2, -0.15) is 0 Å². The van der Waals surface area contributed by atoms with Crippen LogP contribution in [0, 0.1) is 6.92 Å². The van der Waals surface area contributed by atoms with Gasteiger partial charge >= 0.3 is 0 Å². The Morgan fingerprint density at radius 3 is 2.58 bits per heavy atom. The second-order valence-electron chi connectivity index (χ2n) is 7.60. The standard InChI is InChI=1S/C25H16Cl3N3O2/c1-14-2-5-20-18(10-14)22(24(28)31(20)13-16-3-4-17(26)11-19(16)27)23(32)21-12-30-25(33-21)15-6-8-29-9-7-15/h2-12H,13H2,1H3. The largest absolute Gasteiger partial charge is 0.433 e. The van der Waals surface area contributed by atoms with E-state index in [0.29, 0.717) is 33.2 Å². The molecule has 5 rings (SSSR count). The molecule has 33 heavy (non-hydrogen) atoms. The van der Waals surface area contributed by atoms with Crippen molar-refractivity contribution in [3.63, 3.8) is 0 Å².